The quantitative estimate of drug-likeness (QED) is 0.795. The minimum absolute atomic E-state index is 0.0636. The molecule has 1 heterocycles. The predicted molar refractivity (Wildman–Crippen MR) is 71.6 cm³/mol. The number of pyridine rings is 1. The largest absolute Gasteiger partial charge is 0.496 e. The van der Waals surface area contributed by atoms with Crippen molar-refractivity contribution in [1.29, 1.82) is 0 Å². The molecule has 0 bridgehead atoms. The van der Waals surface area contributed by atoms with E-state index in [2.05, 4.69) is 31.8 Å². The van der Waals surface area contributed by atoms with Gasteiger partial charge in [0.25, 0.3) is 0 Å². The molecule has 17 heavy (non-hydrogen) atoms. The number of nitrogens with zero attached hydrogens (tertiary/aromatic N) is 1. The highest BCUT2D eigenvalue weighted by Gasteiger charge is 2.23. The number of methoxy groups -OCH3 is 1. The molecule has 0 fully saturated rings. The summed E-state index contributed by atoms with van der Waals surface area (Å²) in [7, 11) is 1.71. The van der Waals surface area contributed by atoms with Crippen LogP contribution in [0.3, 0.4) is 0 Å². The molecule has 0 saturated carbocycles. The van der Waals surface area contributed by atoms with Crippen molar-refractivity contribution >= 4 is 10.8 Å². The lowest BCUT2D eigenvalue weighted by Crippen LogP contribution is -2.18. The first-order valence-electron chi connectivity index (χ1n) is 6.02. The Balaban J connectivity index is 2.80. The summed E-state index contributed by atoms with van der Waals surface area (Å²) in [5.74, 6) is 0.909. The zero-order valence-corrected chi connectivity index (χ0v) is 10.9. The monoisotopic (exact) mass is 229 g/mol. The minimum atomic E-state index is 0.0636. The summed E-state index contributed by atoms with van der Waals surface area (Å²) < 4.78 is 5.47. The molecule has 2 nitrogen and oxygen atoms in total. The summed E-state index contributed by atoms with van der Waals surface area (Å²) in [4.78, 5) is 4.58. The zero-order chi connectivity index (χ0) is 12.5. The molecule has 0 N–H and O–H groups in total. The molecule has 90 valence electrons. The van der Waals surface area contributed by atoms with Crippen LogP contribution in [0.15, 0.2) is 30.5 Å². The van der Waals surface area contributed by atoms with Gasteiger partial charge in [0, 0.05) is 17.0 Å². The lowest BCUT2D eigenvalue weighted by molar-refractivity contribution is 0.417. The molecule has 2 heteroatoms. The Morgan fingerprint density at radius 2 is 2.00 bits per heavy atom. The molecule has 0 amide bonds. The summed E-state index contributed by atoms with van der Waals surface area (Å²) in [6.07, 6.45) is 2.94. The van der Waals surface area contributed by atoms with Crippen molar-refractivity contribution in [2.45, 2.75) is 32.6 Å². The van der Waals surface area contributed by atoms with Gasteiger partial charge in [-0.3, -0.25) is 4.98 Å². The molecule has 0 radical (unpaired) electrons. The van der Waals surface area contributed by atoms with Crippen molar-refractivity contribution in [3.05, 3.63) is 36.2 Å². The molecule has 0 aliphatic carbocycles. The molecule has 1 aromatic heterocycles. The first kappa shape index (κ1) is 11.9. The molecule has 0 atom stereocenters. The summed E-state index contributed by atoms with van der Waals surface area (Å²) in [6.45, 7) is 6.64. The molecule has 0 saturated heterocycles. The van der Waals surface area contributed by atoms with Crippen molar-refractivity contribution in [3.63, 3.8) is 0 Å². The van der Waals surface area contributed by atoms with Gasteiger partial charge in [-0.25, -0.2) is 0 Å². The van der Waals surface area contributed by atoms with Crippen LogP contribution in [0.25, 0.3) is 10.8 Å². The van der Waals surface area contributed by atoms with Crippen LogP contribution in [0.4, 0.5) is 0 Å². The van der Waals surface area contributed by atoms with Crippen LogP contribution in [0, 0.1) is 0 Å². The van der Waals surface area contributed by atoms with E-state index in [1.165, 1.54) is 5.39 Å². The maximum absolute atomic E-state index is 5.47. The summed E-state index contributed by atoms with van der Waals surface area (Å²) in [6, 6.07) is 8.16. The van der Waals surface area contributed by atoms with E-state index in [1.807, 2.05) is 24.4 Å². The second-order valence-corrected chi connectivity index (χ2v) is 4.96. The Bertz CT molecular complexity index is 526. The first-order valence-corrected chi connectivity index (χ1v) is 6.02. The third-order valence-corrected chi connectivity index (χ3v) is 3.50. The van der Waals surface area contributed by atoms with E-state index in [4.69, 9.17) is 4.74 Å². The average Bonchev–Trinajstić information content (AvgIpc) is 2.37. The van der Waals surface area contributed by atoms with E-state index >= 15 is 0 Å². The zero-order valence-electron chi connectivity index (χ0n) is 10.9. The van der Waals surface area contributed by atoms with Gasteiger partial charge < -0.3 is 4.74 Å². The van der Waals surface area contributed by atoms with Crippen LogP contribution in [-0.4, -0.2) is 12.1 Å². The van der Waals surface area contributed by atoms with E-state index in [0.717, 1.165) is 23.3 Å². The molecule has 1 aromatic carbocycles. The van der Waals surface area contributed by atoms with Gasteiger partial charge in [-0.05, 0) is 23.9 Å². The van der Waals surface area contributed by atoms with Crippen molar-refractivity contribution in [2.75, 3.05) is 7.11 Å². The Morgan fingerprint density at radius 3 is 2.65 bits per heavy atom. The van der Waals surface area contributed by atoms with E-state index < -0.39 is 0 Å². The topological polar surface area (TPSA) is 22.1 Å². The van der Waals surface area contributed by atoms with E-state index in [9.17, 15) is 0 Å². The van der Waals surface area contributed by atoms with Crippen LogP contribution in [-0.2, 0) is 5.41 Å². The standard InChI is InChI=1S/C15H19NO/c1-5-15(2,3)14-13-11(9-10-16-14)7-6-8-12(13)17-4/h6-10H,5H2,1-4H3. The minimum Gasteiger partial charge on any atom is -0.496 e. The third kappa shape index (κ3) is 1.99. The van der Waals surface area contributed by atoms with E-state index in [-0.39, 0.29) is 5.41 Å². The third-order valence-electron chi connectivity index (χ3n) is 3.50. The van der Waals surface area contributed by atoms with Crippen molar-refractivity contribution in [2.24, 2.45) is 0 Å². The van der Waals surface area contributed by atoms with E-state index in [0.29, 0.717) is 0 Å². The second kappa shape index (κ2) is 4.36. The van der Waals surface area contributed by atoms with Gasteiger partial charge in [0.05, 0.1) is 12.8 Å². The lowest BCUT2D eigenvalue weighted by Gasteiger charge is -2.24. The van der Waals surface area contributed by atoms with Gasteiger partial charge in [-0.15, -0.1) is 0 Å². The summed E-state index contributed by atoms with van der Waals surface area (Å²) in [5.41, 5.74) is 1.18. The molecular weight excluding hydrogens is 210 g/mol. The number of hydrogen-bond acceptors (Lipinski definition) is 2. The normalized spacial score (nSPS) is 11.8. The van der Waals surface area contributed by atoms with Gasteiger partial charge >= 0.3 is 0 Å². The Morgan fingerprint density at radius 1 is 1.24 bits per heavy atom. The number of fused-ring (bicyclic) bond motifs is 1. The number of ether oxygens (including phenoxy) is 1. The highest BCUT2D eigenvalue weighted by Crippen LogP contribution is 2.35. The van der Waals surface area contributed by atoms with Gasteiger partial charge in [0.1, 0.15) is 5.75 Å². The highest BCUT2D eigenvalue weighted by atomic mass is 16.5. The Hall–Kier alpha value is -1.57. The predicted octanol–water partition coefficient (Wildman–Crippen LogP) is 3.93. The lowest BCUT2D eigenvalue weighted by atomic mass is 9.83. The van der Waals surface area contributed by atoms with Crippen LogP contribution in [0.1, 0.15) is 32.9 Å². The first-order chi connectivity index (χ1) is 8.10. The molecule has 0 aliphatic heterocycles. The molecule has 2 aromatic rings. The van der Waals surface area contributed by atoms with Gasteiger partial charge in [0.2, 0.25) is 0 Å². The van der Waals surface area contributed by atoms with Crippen LogP contribution in [0.5, 0.6) is 5.75 Å². The molecule has 0 aliphatic rings. The van der Waals surface area contributed by atoms with Crippen LogP contribution < -0.4 is 4.74 Å². The van der Waals surface area contributed by atoms with Gasteiger partial charge in [-0.2, -0.15) is 0 Å². The SMILES string of the molecule is CCC(C)(C)c1nccc2cccc(OC)c12. The van der Waals surface area contributed by atoms with Crippen LogP contribution in [0.2, 0.25) is 0 Å². The maximum Gasteiger partial charge on any atom is 0.128 e. The second-order valence-electron chi connectivity index (χ2n) is 4.96. The maximum atomic E-state index is 5.47. The number of hydrogen-bond donors (Lipinski definition) is 0. The Labute approximate surface area is 103 Å². The molecule has 0 unspecified atom stereocenters. The van der Waals surface area contributed by atoms with Crippen molar-refractivity contribution in [3.8, 4) is 5.75 Å². The molecular formula is C15H19NO. The Kier molecular flexibility index (Phi) is 3.05. The smallest absolute Gasteiger partial charge is 0.128 e. The van der Waals surface area contributed by atoms with Crippen LogP contribution >= 0.6 is 0 Å². The summed E-state index contributed by atoms with van der Waals surface area (Å²) in [5, 5.41) is 2.33. The van der Waals surface area contributed by atoms with E-state index in [1.54, 1.807) is 7.11 Å². The molecule has 0 spiro atoms. The summed E-state index contributed by atoms with van der Waals surface area (Å²) >= 11 is 0. The van der Waals surface area contributed by atoms with Crippen molar-refractivity contribution < 1.29 is 4.74 Å². The highest BCUT2D eigenvalue weighted by molar-refractivity contribution is 5.90. The van der Waals surface area contributed by atoms with Gasteiger partial charge in [-0.1, -0.05) is 32.9 Å². The fraction of sp³-hybridized carbons (Fsp3) is 0.400. The van der Waals surface area contributed by atoms with Gasteiger partial charge in [0.15, 0.2) is 0 Å². The fourth-order valence-electron chi connectivity index (χ4n) is 2.05. The fourth-order valence-corrected chi connectivity index (χ4v) is 2.05. The average molecular weight is 229 g/mol. The number of rotatable bonds is 3. The number of benzene rings is 1. The number of aromatic nitrogens is 1. The van der Waals surface area contributed by atoms with Crippen molar-refractivity contribution in [1.82, 2.24) is 4.98 Å². The molecule has 2 rings (SSSR count).